The van der Waals surface area contributed by atoms with Crippen LogP contribution in [-0.2, 0) is 4.79 Å². The second-order valence-electron chi connectivity index (χ2n) is 5.61. The molecule has 106 valence electrons. The normalized spacial score (nSPS) is 31.0. The first-order chi connectivity index (χ1) is 9.08. The van der Waals surface area contributed by atoms with E-state index in [4.69, 9.17) is 0 Å². The minimum absolute atomic E-state index is 0.145. The van der Waals surface area contributed by atoms with Crippen molar-refractivity contribution in [1.82, 2.24) is 10.2 Å². The smallest absolute Gasteiger partial charge is 0.326 e. The quantitative estimate of drug-likeness (QED) is 0.751. The number of piperidine rings is 1. The van der Waals surface area contributed by atoms with Crippen LogP contribution in [0.25, 0.3) is 0 Å². The van der Waals surface area contributed by atoms with Crippen LogP contribution >= 0.6 is 0 Å². The van der Waals surface area contributed by atoms with Gasteiger partial charge < -0.3 is 15.3 Å². The molecule has 5 heteroatoms. The number of carbonyl (C=O) groups is 2. The van der Waals surface area contributed by atoms with E-state index in [-0.39, 0.29) is 12.1 Å². The molecular formula is C14H22N2O3. The van der Waals surface area contributed by atoms with Crippen LogP contribution in [0.4, 0.5) is 4.79 Å². The van der Waals surface area contributed by atoms with E-state index in [0.29, 0.717) is 18.9 Å². The Labute approximate surface area is 113 Å². The number of urea groups is 1. The summed E-state index contributed by atoms with van der Waals surface area (Å²) in [5.74, 6) is -0.534. The van der Waals surface area contributed by atoms with Crippen LogP contribution in [0.5, 0.6) is 0 Å². The largest absolute Gasteiger partial charge is 0.480 e. The molecule has 19 heavy (non-hydrogen) atoms. The zero-order valence-electron chi connectivity index (χ0n) is 11.3. The molecule has 1 aliphatic carbocycles. The first-order valence-corrected chi connectivity index (χ1v) is 7.03. The van der Waals surface area contributed by atoms with E-state index in [9.17, 15) is 14.7 Å². The lowest BCUT2D eigenvalue weighted by atomic mass is 9.92. The van der Waals surface area contributed by atoms with Gasteiger partial charge in [-0.2, -0.15) is 0 Å². The molecule has 2 N–H and O–H groups in total. The molecule has 0 bridgehead atoms. The zero-order chi connectivity index (χ0) is 13.8. The number of carbonyl (C=O) groups excluding carboxylic acids is 1. The van der Waals surface area contributed by atoms with Gasteiger partial charge in [0.2, 0.25) is 0 Å². The Morgan fingerprint density at radius 3 is 2.74 bits per heavy atom. The van der Waals surface area contributed by atoms with Crippen molar-refractivity contribution in [2.24, 2.45) is 5.92 Å². The average Bonchev–Trinajstić information content (AvgIpc) is 2.39. The third-order valence-electron chi connectivity index (χ3n) is 4.01. The Kier molecular flexibility index (Phi) is 4.45. The fourth-order valence-electron chi connectivity index (χ4n) is 2.80. The Bertz CT molecular complexity index is 381. The van der Waals surface area contributed by atoms with Crippen LogP contribution in [0.3, 0.4) is 0 Å². The molecule has 5 nitrogen and oxygen atoms in total. The lowest BCUT2D eigenvalue weighted by molar-refractivity contribution is -0.143. The number of likely N-dealkylation sites (tertiary alicyclic amines) is 1. The molecule has 1 saturated heterocycles. The van der Waals surface area contributed by atoms with Crippen molar-refractivity contribution in [3.63, 3.8) is 0 Å². The van der Waals surface area contributed by atoms with E-state index in [0.717, 1.165) is 25.7 Å². The highest BCUT2D eigenvalue weighted by atomic mass is 16.4. The van der Waals surface area contributed by atoms with Gasteiger partial charge in [0.15, 0.2) is 0 Å². The first-order valence-electron chi connectivity index (χ1n) is 7.03. The van der Waals surface area contributed by atoms with Gasteiger partial charge in [-0.1, -0.05) is 19.1 Å². The van der Waals surface area contributed by atoms with Crippen LogP contribution in [0, 0.1) is 5.92 Å². The van der Waals surface area contributed by atoms with E-state index in [1.807, 2.05) is 6.92 Å². The minimum atomic E-state index is -0.898. The molecule has 0 aromatic carbocycles. The summed E-state index contributed by atoms with van der Waals surface area (Å²) in [4.78, 5) is 25.0. The van der Waals surface area contributed by atoms with Gasteiger partial charge in [0.25, 0.3) is 0 Å². The number of allylic oxidation sites excluding steroid dienone is 1. The Morgan fingerprint density at radius 1 is 1.32 bits per heavy atom. The fourth-order valence-corrected chi connectivity index (χ4v) is 2.80. The van der Waals surface area contributed by atoms with E-state index >= 15 is 0 Å². The molecule has 3 unspecified atom stereocenters. The molecule has 1 heterocycles. The predicted octanol–water partition coefficient (Wildman–Crippen LogP) is 1.99. The Hall–Kier alpha value is -1.52. The van der Waals surface area contributed by atoms with Crippen LogP contribution in [0.15, 0.2) is 12.2 Å². The fraction of sp³-hybridized carbons (Fsp3) is 0.714. The van der Waals surface area contributed by atoms with Gasteiger partial charge in [0.1, 0.15) is 6.04 Å². The highest BCUT2D eigenvalue weighted by molar-refractivity contribution is 5.83. The molecule has 0 spiro atoms. The summed E-state index contributed by atoms with van der Waals surface area (Å²) in [5, 5.41) is 12.2. The summed E-state index contributed by atoms with van der Waals surface area (Å²) in [6.45, 7) is 2.57. The Morgan fingerprint density at radius 2 is 2.11 bits per heavy atom. The zero-order valence-corrected chi connectivity index (χ0v) is 11.3. The molecule has 1 aliphatic heterocycles. The maximum absolute atomic E-state index is 12.2. The SMILES string of the molecule is CC1CCN(C(=O)NC2CC=CCC2)C(C(=O)O)C1. The van der Waals surface area contributed by atoms with Crippen molar-refractivity contribution in [1.29, 1.82) is 0 Å². The Balaban J connectivity index is 1.96. The van der Waals surface area contributed by atoms with Crippen LogP contribution < -0.4 is 5.32 Å². The number of rotatable bonds is 2. The number of carboxylic acids is 1. The van der Waals surface area contributed by atoms with Gasteiger partial charge >= 0.3 is 12.0 Å². The summed E-state index contributed by atoms with van der Waals surface area (Å²) in [6, 6.07) is -0.756. The number of aliphatic carboxylic acids is 1. The summed E-state index contributed by atoms with van der Waals surface area (Å²) in [5.41, 5.74) is 0. The van der Waals surface area contributed by atoms with Crippen LogP contribution in [0.2, 0.25) is 0 Å². The third-order valence-corrected chi connectivity index (χ3v) is 4.01. The molecule has 2 aliphatic rings. The van der Waals surface area contributed by atoms with Crippen molar-refractivity contribution in [3.8, 4) is 0 Å². The van der Waals surface area contributed by atoms with Gasteiger partial charge in [0.05, 0.1) is 0 Å². The number of carboxylic acid groups (broad SMARTS) is 1. The van der Waals surface area contributed by atoms with E-state index in [1.165, 1.54) is 4.90 Å². The minimum Gasteiger partial charge on any atom is -0.480 e. The second kappa shape index (κ2) is 6.08. The van der Waals surface area contributed by atoms with Crippen molar-refractivity contribution < 1.29 is 14.7 Å². The standard InChI is InChI=1S/C14H22N2O3/c1-10-7-8-16(12(9-10)13(17)18)14(19)15-11-5-3-2-4-6-11/h2-3,10-12H,4-9H2,1H3,(H,15,19)(H,17,18). The van der Waals surface area contributed by atoms with Crippen molar-refractivity contribution in [3.05, 3.63) is 12.2 Å². The number of nitrogens with one attached hydrogen (secondary N) is 1. The monoisotopic (exact) mass is 266 g/mol. The topological polar surface area (TPSA) is 69.6 Å². The molecule has 2 amide bonds. The summed E-state index contributed by atoms with van der Waals surface area (Å²) < 4.78 is 0. The average molecular weight is 266 g/mol. The molecule has 2 rings (SSSR count). The molecule has 0 radical (unpaired) electrons. The number of amides is 2. The molecule has 1 fully saturated rings. The van der Waals surface area contributed by atoms with Crippen LogP contribution in [0.1, 0.15) is 39.0 Å². The molecule has 0 aromatic heterocycles. The first kappa shape index (κ1) is 13.9. The van der Waals surface area contributed by atoms with E-state index in [2.05, 4.69) is 17.5 Å². The maximum Gasteiger partial charge on any atom is 0.326 e. The van der Waals surface area contributed by atoms with Gasteiger partial charge in [-0.15, -0.1) is 0 Å². The van der Waals surface area contributed by atoms with Crippen molar-refractivity contribution in [2.45, 2.75) is 51.1 Å². The van der Waals surface area contributed by atoms with E-state index < -0.39 is 12.0 Å². The second-order valence-corrected chi connectivity index (χ2v) is 5.61. The van der Waals surface area contributed by atoms with Gasteiger partial charge in [-0.25, -0.2) is 9.59 Å². The highest BCUT2D eigenvalue weighted by Gasteiger charge is 2.35. The van der Waals surface area contributed by atoms with E-state index in [1.54, 1.807) is 0 Å². The number of nitrogens with zero attached hydrogens (tertiary/aromatic N) is 1. The summed E-state index contributed by atoms with van der Waals surface area (Å²) in [7, 11) is 0. The lowest BCUT2D eigenvalue weighted by Gasteiger charge is -2.37. The lowest BCUT2D eigenvalue weighted by Crippen LogP contribution is -2.55. The summed E-state index contributed by atoms with van der Waals surface area (Å²) in [6.07, 6.45) is 8.37. The van der Waals surface area contributed by atoms with Crippen molar-refractivity contribution in [2.75, 3.05) is 6.54 Å². The maximum atomic E-state index is 12.2. The van der Waals surface area contributed by atoms with Gasteiger partial charge in [-0.3, -0.25) is 0 Å². The van der Waals surface area contributed by atoms with Gasteiger partial charge in [-0.05, 0) is 38.0 Å². The summed E-state index contributed by atoms with van der Waals surface area (Å²) >= 11 is 0. The molecule has 0 aromatic rings. The number of hydrogen-bond donors (Lipinski definition) is 2. The van der Waals surface area contributed by atoms with Crippen LogP contribution in [-0.4, -0.2) is 40.6 Å². The highest BCUT2D eigenvalue weighted by Crippen LogP contribution is 2.23. The molecular weight excluding hydrogens is 244 g/mol. The molecule has 0 saturated carbocycles. The van der Waals surface area contributed by atoms with Gasteiger partial charge in [0, 0.05) is 12.6 Å². The molecule has 3 atom stereocenters. The third kappa shape index (κ3) is 3.49. The number of hydrogen-bond acceptors (Lipinski definition) is 2. The predicted molar refractivity (Wildman–Crippen MR) is 71.8 cm³/mol. The van der Waals surface area contributed by atoms with Crippen molar-refractivity contribution >= 4 is 12.0 Å².